The zero-order valence-corrected chi connectivity index (χ0v) is 12.1. The molecule has 0 aromatic heterocycles. The number of carbonyl (C=O) groups is 2. The van der Waals surface area contributed by atoms with Crippen molar-refractivity contribution in [2.45, 2.75) is 33.1 Å². The van der Waals surface area contributed by atoms with Gasteiger partial charge in [-0.25, -0.2) is 8.78 Å². The Kier molecular flexibility index (Phi) is 5.81. The van der Waals surface area contributed by atoms with Gasteiger partial charge in [0, 0.05) is 13.0 Å². The molecular formula is C15H19F2NO3. The average molecular weight is 299 g/mol. The molecular weight excluding hydrogens is 280 g/mol. The smallest absolute Gasteiger partial charge is 0.310 e. The minimum Gasteiger partial charge on any atom is -0.481 e. The molecule has 0 spiro atoms. The van der Waals surface area contributed by atoms with E-state index in [1.807, 2.05) is 0 Å². The van der Waals surface area contributed by atoms with Crippen LogP contribution in [-0.4, -0.2) is 23.5 Å². The van der Waals surface area contributed by atoms with Crippen molar-refractivity contribution in [3.05, 3.63) is 35.4 Å². The van der Waals surface area contributed by atoms with E-state index in [-0.39, 0.29) is 18.9 Å². The first kappa shape index (κ1) is 17.1. The number of benzene rings is 1. The van der Waals surface area contributed by atoms with Crippen molar-refractivity contribution >= 4 is 11.9 Å². The van der Waals surface area contributed by atoms with Crippen LogP contribution in [0.4, 0.5) is 8.78 Å². The molecule has 0 fully saturated rings. The van der Waals surface area contributed by atoms with Crippen LogP contribution < -0.4 is 5.32 Å². The van der Waals surface area contributed by atoms with Crippen molar-refractivity contribution in [2.24, 2.45) is 5.41 Å². The Morgan fingerprint density at radius 1 is 1.24 bits per heavy atom. The van der Waals surface area contributed by atoms with Crippen molar-refractivity contribution < 1.29 is 23.5 Å². The van der Waals surface area contributed by atoms with E-state index in [2.05, 4.69) is 5.32 Å². The third-order valence-electron chi connectivity index (χ3n) is 3.16. The molecule has 0 aliphatic rings. The van der Waals surface area contributed by atoms with E-state index in [1.165, 1.54) is 19.9 Å². The molecule has 21 heavy (non-hydrogen) atoms. The lowest BCUT2D eigenvalue weighted by molar-refractivity contribution is -0.146. The monoisotopic (exact) mass is 299 g/mol. The summed E-state index contributed by atoms with van der Waals surface area (Å²) < 4.78 is 25.7. The maximum atomic E-state index is 13.0. The van der Waals surface area contributed by atoms with Crippen molar-refractivity contribution in [3.63, 3.8) is 0 Å². The predicted octanol–water partition coefficient (Wildman–Crippen LogP) is 2.51. The van der Waals surface area contributed by atoms with Crippen LogP contribution in [0.3, 0.4) is 0 Å². The lowest BCUT2D eigenvalue weighted by atomic mass is 9.94. The maximum absolute atomic E-state index is 13.0. The van der Waals surface area contributed by atoms with E-state index < -0.39 is 23.0 Å². The Hall–Kier alpha value is -1.98. The second-order valence-electron chi connectivity index (χ2n) is 5.57. The molecule has 1 aromatic carbocycles. The van der Waals surface area contributed by atoms with Crippen molar-refractivity contribution in [1.82, 2.24) is 5.32 Å². The lowest BCUT2D eigenvalue weighted by Gasteiger charge is -2.19. The average Bonchev–Trinajstić information content (AvgIpc) is 2.40. The fraction of sp³-hybridized carbons (Fsp3) is 0.467. The van der Waals surface area contributed by atoms with Crippen LogP contribution in [0.25, 0.3) is 0 Å². The number of rotatable bonds is 7. The Morgan fingerprint density at radius 2 is 1.90 bits per heavy atom. The van der Waals surface area contributed by atoms with Crippen LogP contribution >= 0.6 is 0 Å². The summed E-state index contributed by atoms with van der Waals surface area (Å²) in [6.45, 7) is 3.10. The third-order valence-corrected chi connectivity index (χ3v) is 3.16. The highest BCUT2D eigenvalue weighted by Gasteiger charge is 2.27. The second-order valence-corrected chi connectivity index (χ2v) is 5.57. The molecule has 0 heterocycles. The first-order chi connectivity index (χ1) is 9.72. The lowest BCUT2D eigenvalue weighted by Crippen LogP contribution is -2.38. The van der Waals surface area contributed by atoms with Gasteiger partial charge in [0.1, 0.15) is 0 Å². The molecule has 0 bridgehead atoms. The molecule has 2 N–H and O–H groups in total. The first-order valence-electron chi connectivity index (χ1n) is 6.66. The molecule has 0 unspecified atom stereocenters. The standard InChI is InChI=1S/C15H19F2NO3/c1-15(2,14(20)21)9-18-13(19)5-3-4-10-6-7-11(16)12(17)8-10/h6-8H,3-5,9H2,1-2H3,(H,18,19)(H,20,21). The molecule has 1 amide bonds. The quantitative estimate of drug-likeness (QED) is 0.813. The second kappa shape index (κ2) is 7.15. The SMILES string of the molecule is CC(C)(CNC(=O)CCCc1ccc(F)c(F)c1)C(=O)O. The van der Waals surface area contributed by atoms with Crippen molar-refractivity contribution in [3.8, 4) is 0 Å². The molecule has 0 radical (unpaired) electrons. The van der Waals surface area contributed by atoms with E-state index in [9.17, 15) is 18.4 Å². The molecule has 0 aliphatic heterocycles. The molecule has 6 heteroatoms. The molecule has 0 saturated carbocycles. The van der Waals surface area contributed by atoms with Crippen LogP contribution in [0.1, 0.15) is 32.3 Å². The molecule has 1 rings (SSSR count). The van der Waals surface area contributed by atoms with Crippen LogP contribution in [0.5, 0.6) is 0 Å². The summed E-state index contributed by atoms with van der Waals surface area (Å²) in [7, 11) is 0. The normalized spacial score (nSPS) is 11.2. The number of aliphatic carboxylic acids is 1. The summed E-state index contributed by atoms with van der Waals surface area (Å²) >= 11 is 0. The van der Waals surface area contributed by atoms with Gasteiger partial charge in [-0.05, 0) is 44.4 Å². The molecule has 116 valence electrons. The van der Waals surface area contributed by atoms with E-state index in [0.29, 0.717) is 18.4 Å². The number of aryl methyl sites for hydroxylation is 1. The Balaban J connectivity index is 2.34. The molecule has 1 aromatic rings. The number of hydrogen-bond acceptors (Lipinski definition) is 2. The largest absolute Gasteiger partial charge is 0.481 e. The van der Waals surface area contributed by atoms with Gasteiger partial charge < -0.3 is 10.4 Å². The minimum atomic E-state index is -1.02. The van der Waals surface area contributed by atoms with Gasteiger partial charge in [0.25, 0.3) is 0 Å². The highest BCUT2D eigenvalue weighted by molar-refractivity contribution is 5.78. The van der Waals surface area contributed by atoms with Gasteiger partial charge in [-0.3, -0.25) is 9.59 Å². The maximum Gasteiger partial charge on any atom is 0.310 e. The fourth-order valence-corrected chi connectivity index (χ4v) is 1.63. The molecule has 0 atom stereocenters. The summed E-state index contributed by atoms with van der Waals surface area (Å²) in [6, 6.07) is 3.64. The van der Waals surface area contributed by atoms with E-state index in [0.717, 1.165) is 12.1 Å². The molecule has 0 aliphatic carbocycles. The molecule has 4 nitrogen and oxygen atoms in total. The topological polar surface area (TPSA) is 66.4 Å². The van der Waals surface area contributed by atoms with Crippen LogP contribution in [0, 0.1) is 17.0 Å². The fourth-order valence-electron chi connectivity index (χ4n) is 1.63. The third kappa shape index (κ3) is 5.49. The van der Waals surface area contributed by atoms with Gasteiger partial charge in [-0.2, -0.15) is 0 Å². The highest BCUT2D eigenvalue weighted by atomic mass is 19.2. The van der Waals surface area contributed by atoms with Gasteiger partial charge in [0.05, 0.1) is 5.41 Å². The van der Waals surface area contributed by atoms with Gasteiger partial charge >= 0.3 is 5.97 Å². The van der Waals surface area contributed by atoms with Gasteiger partial charge in [0.15, 0.2) is 11.6 Å². The van der Waals surface area contributed by atoms with Crippen molar-refractivity contribution in [1.29, 1.82) is 0 Å². The molecule has 0 saturated heterocycles. The van der Waals surface area contributed by atoms with Crippen LogP contribution in [-0.2, 0) is 16.0 Å². The van der Waals surface area contributed by atoms with Gasteiger partial charge in [-0.1, -0.05) is 6.07 Å². The Bertz CT molecular complexity index is 530. The summed E-state index contributed by atoms with van der Waals surface area (Å²) in [6.07, 6.45) is 1.13. The summed E-state index contributed by atoms with van der Waals surface area (Å²) in [5.41, 5.74) is -0.400. The highest BCUT2D eigenvalue weighted by Crippen LogP contribution is 2.14. The predicted molar refractivity (Wildman–Crippen MR) is 73.7 cm³/mol. The zero-order chi connectivity index (χ0) is 16.0. The Labute approximate surface area is 122 Å². The van der Waals surface area contributed by atoms with Crippen LogP contribution in [0.15, 0.2) is 18.2 Å². The number of carboxylic acid groups (broad SMARTS) is 1. The zero-order valence-electron chi connectivity index (χ0n) is 12.1. The minimum absolute atomic E-state index is 0.0480. The number of amides is 1. The number of hydrogen-bond donors (Lipinski definition) is 2. The number of carboxylic acids is 1. The van der Waals surface area contributed by atoms with E-state index in [1.54, 1.807) is 0 Å². The number of carbonyl (C=O) groups excluding carboxylic acids is 1. The number of halogens is 2. The van der Waals surface area contributed by atoms with E-state index >= 15 is 0 Å². The van der Waals surface area contributed by atoms with Gasteiger partial charge in [0.2, 0.25) is 5.91 Å². The summed E-state index contributed by atoms with van der Waals surface area (Å²) in [4.78, 5) is 22.5. The first-order valence-corrected chi connectivity index (χ1v) is 6.66. The van der Waals surface area contributed by atoms with Crippen molar-refractivity contribution in [2.75, 3.05) is 6.54 Å². The van der Waals surface area contributed by atoms with E-state index in [4.69, 9.17) is 5.11 Å². The summed E-state index contributed by atoms with van der Waals surface area (Å²) in [5.74, 6) is -3.04. The Morgan fingerprint density at radius 3 is 2.48 bits per heavy atom. The number of nitrogens with one attached hydrogen (secondary N) is 1. The van der Waals surface area contributed by atoms with Crippen LogP contribution in [0.2, 0.25) is 0 Å². The van der Waals surface area contributed by atoms with Gasteiger partial charge in [-0.15, -0.1) is 0 Å². The summed E-state index contributed by atoms with van der Waals surface area (Å²) in [5, 5.41) is 11.5.